The predicted octanol–water partition coefficient (Wildman–Crippen LogP) is 3.56. The smallest absolute Gasteiger partial charge is 0.290 e. The fourth-order valence-corrected chi connectivity index (χ4v) is 2.08. The molecule has 25 heavy (non-hydrogen) atoms. The van der Waals surface area contributed by atoms with Gasteiger partial charge in [-0.05, 0) is 30.9 Å². The SMILES string of the molecule is CC.CCC(=O)CCC(=O)CCc1ccc(CC(C)N)cc1.O=CO. The molecule has 0 aliphatic heterocycles. The first-order chi connectivity index (χ1) is 11.9. The Morgan fingerprint density at radius 2 is 1.48 bits per heavy atom. The van der Waals surface area contributed by atoms with Crippen molar-refractivity contribution in [1.82, 2.24) is 0 Å². The zero-order chi connectivity index (χ0) is 19.7. The van der Waals surface area contributed by atoms with Crippen LogP contribution in [0, 0.1) is 0 Å². The molecule has 0 amide bonds. The van der Waals surface area contributed by atoms with Crippen molar-refractivity contribution in [3.05, 3.63) is 35.4 Å². The van der Waals surface area contributed by atoms with Crippen LogP contribution in [0.25, 0.3) is 0 Å². The summed E-state index contributed by atoms with van der Waals surface area (Å²) in [6, 6.07) is 8.43. The summed E-state index contributed by atoms with van der Waals surface area (Å²) >= 11 is 0. The molecule has 0 bridgehead atoms. The molecular formula is C20H33NO4. The second-order valence-electron chi connectivity index (χ2n) is 5.53. The maximum Gasteiger partial charge on any atom is 0.290 e. The Kier molecular flexibility index (Phi) is 17.0. The number of carbonyl (C=O) groups is 3. The van der Waals surface area contributed by atoms with E-state index >= 15 is 0 Å². The molecule has 0 heterocycles. The lowest BCUT2D eigenvalue weighted by Crippen LogP contribution is -2.17. The Morgan fingerprint density at radius 3 is 1.92 bits per heavy atom. The van der Waals surface area contributed by atoms with Gasteiger partial charge in [0.2, 0.25) is 0 Å². The monoisotopic (exact) mass is 351 g/mol. The van der Waals surface area contributed by atoms with Crippen molar-refractivity contribution in [1.29, 1.82) is 0 Å². The zero-order valence-electron chi connectivity index (χ0n) is 16.0. The minimum atomic E-state index is -0.250. The lowest BCUT2D eigenvalue weighted by molar-refractivity contribution is -0.124. The van der Waals surface area contributed by atoms with Gasteiger partial charge < -0.3 is 10.8 Å². The molecule has 0 aromatic heterocycles. The Labute approximate surface area is 151 Å². The third kappa shape index (κ3) is 15.3. The van der Waals surface area contributed by atoms with Crippen LogP contribution in [0.4, 0.5) is 0 Å². The highest BCUT2D eigenvalue weighted by molar-refractivity contribution is 5.85. The summed E-state index contributed by atoms with van der Waals surface area (Å²) in [6.07, 6.45) is 3.44. The van der Waals surface area contributed by atoms with E-state index in [2.05, 4.69) is 24.3 Å². The second kappa shape index (κ2) is 16.8. The van der Waals surface area contributed by atoms with Gasteiger partial charge in [-0.1, -0.05) is 45.0 Å². The lowest BCUT2D eigenvalue weighted by Gasteiger charge is -2.06. The number of ketones is 2. The summed E-state index contributed by atoms with van der Waals surface area (Å²) in [5, 5.41) is 6.89. The highest BCUT2D eigenvalue weighted by atomic mass is 16.3. The van der Waals surface area contributed by atoms with E-state index < -0.39 is 0 Å². The lowest BCUT2D eigenvalue weighted by atomic mass is 10.0. The summed E-state index contributed by atoms with van der Waals surface area (Å²) in [6.45, 7) is 7.57. The van der Waals surface area contributed by atoms with Crippen molar-refractivity contribution in [2.24, 2.45) is 5.73 Å². The Hall–Kier alpha value is -2.01. The van der Waals surface area contributed by atoms with Crippen LogP contribution >= 0.6 is 0 Å². The molecule has 1 aromatic rings. The van der Waals surface area contributed by atoms with E-state index in [1.165, 1.54) is 5.56 Å². The molecule has 0 aliphatic rings. The Morgan fingerprint density at radius 1 is 1.04 bits per heavy atom. The van der Waals surface area contributed by atoms with Gasteiger partial charge in [0, 0.05) is 31.7 Å². The van der Waals surface area contributed by atoms with E-state index in [1.54, 1.807) is 0 Å². The van der Waals surface area contributed by atoms with Crippen LogP contribution in [0.1, 0.15) is 64.5 Å². The summed E-state index contributed by atoms with van der Waals surface area (Å²) in [5.41, 5.74) is 8.14. The van der Waals surface area contributed by atoms with Gasteiger partial charge in [-0.15, -0.1) is 0 Å². The van der Waals surface area contributed by atoms with Gasteiger partial charge in [-0.2, -0.15) is 0 Å². The molecule has 1 rings (SSSR count). The van der Waals surface area contributed by atoms with Crippen LogP contribution in [-0.2, 0) is 27.2 Å². The van der Waals surface area contributed by atoms with Gasteiger partial charge in [0.05, 0.1) is 0 Å². The molecule has 1 unspecified atom stereocenters. The standard InChI is InChI=1S/C17H25NO2.C2H6.CH2O2/c1-3-16(19)10-11-17(20)9-8-14-4-6-15(7-5-14)12-13(2)18;1-2;2-1-3/h4-7,13H,3,8-12,18H2,1-2H3;1-2H3;1H,(H,2,3). The minimum absolute atomic E-state index is 0.165. The van der Waals surface area contributed by atoms with Gasteiger partial charge >= 0.3 is 0 Å². The van der Waals surface area contributed by atoms with Crippen LogP contribution in [0.15, 0.2) is 24.3 Å². The molecule has 142 valence electrons. The van der Waals surface area contributed by atoms with Gasteiger partial charge in [0.1, 0.15) is 11.6 Å². The topological polar surface area (TPSA) is 97.5 Å². The Bertz CT molecular complexity index is 481. The average molecular weight is 351 g/mol. The number of hydrogen-bond donors (Lipinski definition) is 2. The molecule has 0 aliphatic carbocycles. The molecule has 5 nitrogen and oxygen atoms in total. The van der Waals surface area contributed by atoms with E-state index in [1.807, 2.05) is 27.7 Å². The maximum atomic E-state index is 11.7. The Balaban J connectivity index is 0. The van der Waals surface area contributed by atoms with Crippen molar-refractivity contribution >= 4 is 18.0 Å². The number of carboxylic acid groups (broad SMARTS) is 1. The van der Waals surface area contributed by atoms with Crippen molar-refractivity contribution in [3.8, 4) is 0 Å². The minimum Gasteiger partial charge on any atom is -0.483 e. The first-order valence-electron chi connectivity index (χ1n) is 8.87. The number of hydrogen-bond acceptors (Lipinski definition) is 4. The molecule has 1 aromatic carbocycles. The molecule has 5 heteroatoms. The summed E-state index contributed by atoms with van der Waals surface area (Å²) in [4.78, 5) is 31.2. The van der Waals surface area contributed by atoms with Crippen molar-refractivity contribution in [2.75, 3.05) is 0 Å². The molecule has 1 atom stereocenters. The first kappa shape index (κ1) is 25.2. The van der Waals surface area contributed by atoms with E-state index in [9.17, 15) is 9.59 Å². The number of carbonyl (C=O) groups excluding carboxylic acids is 2. The second-order valence-corrected chi connectivity index (χ2v) is 5.53. The highest BCUT2D eigenvalue weighted by Crippen LogP contribution is 2.10. The highest BCUT2D eigenvalue weighted by Gasteiger charge is 2.06. The first-order valence-corrected chi connectivity index (χ1v) is 8.87. The predicted molar refractivity (Wildman–Crippen MR) is 102 cm³/mol. The van der Waals surface area contributed by atoms with E-state index in [-0.39, 0.29) is 24.1 Å². The van der Waals surface area contributed by atoms with Gasteiger partial charge in [0.15, 0.2) is 0 Å². The van der Waals surface area contributed by atoms with Gasteiger partial charge in [-0.25, -0.2) is 0 Å². The van der Waals surface area contributed by atoms with E-state index in [0.29, 0.717) is 25.7 Å². The number of benzene rings is 1. The number of aryl methyl sites for hydroxylation is 1. The quantitative estimate of drug-likeness (QED) is 0.663. The van der Waals surface area contributed by atoms with Crippen molar-refractivity contribution < 1.29 is 19.5 Å². The molecule has 0 spiro atoms. The van der Waals surface area contributed by atoms with Crippen molar-refractivity contribution in [3.63, 3.8) is 0 Å². The van der Waals surface area contributed by atoms with Crippen molar-refractivity contribution in [2.45, 2.75) is 72.3 Å². The van der Waals surface area contributed by atoms with Crippen LogP contribution < -0.4 is 5.73 Å². The van der Waals surface area contributed by atoms with E-state index in [4.69, 9.17) is 15.6 Å². The van der Waals surface area contributed by atoms with Crippen LogP contribution in [0.2, 0.25) is 0 Å². The molecule has 0 saturated heterocycles. The average Bonchev–Trinajstić information content (AvgIpc) is 2.61. The number of Topliss-reactive ketones (excluding diaryl/α,β-unsaturated/α-hetero) is 2. The summed E-state index contributed by atoms with van der Waals surface area (Å²) in [7, 11) is 0. The largest absolute Gasteiger partial charge is 0.483 e. The normalized spacial score (nSPS) is 10.4. The van der Waals surface area contributed by atoms with Gasteiger partial charge in [0.25, 0.3) is 6.47 Å². The molecule has 3 N–H and O–H groups in total. The van der Waals surface area contributed by atoms with Crippen LogP contribution in [0.3, 0.4) is 0 Å². The van der Waals surface area contributed by atoms with E-state index in [0.717, 1.165) is 18.4 Å². The maximum absolute atomic E-state index is 11.7. The number of nitrogens with two attached hydrogens (primary N) is 1. The molecule has 0 radical (unpaired) electrons. The summed E-state index contributed by atoms with van der Waals surface area (Å²) < 4.78 is 0. The molecule has 0 fully saturated rings. The fourth-order valence-electron chi connectivity index (χ4n) is 2.08. The van der Waals surface area contributed by atoms with Crippen LogP contribution in [0.5, 0.6) is 0 Å². The van der Waals surface area contributed by atoms with Gasteiger partial charge in [-0.3, -0.25) is 14.4 Å². The number of rotatable bonds is 9. The summed E-state index contributed by atoms with van der Waals surface area (Å²) in [5.74, 6) is 0.338. The van der Waals surface area contributed by atoms with Crippen LogP contribution in [-0.4, -0.2) is 29.2 Å². The molecular weight excluding hydrogens is 318 g/mol. The third-order valence-electron chi connectivity index (χ3n) is 3.35. The molecule has 0 saturated carbocycles. The zero-order valence-corrected chi connectivity index (χ0v) is 16.0. The third-order valence-corrected chi connectivity index (χ3v) is 3.35. The fraction of sp³-hybridized carbons (Fsp3) is 0.550.